The van der Waals surface area contributed by atoms with Crippen molar-refractivity contribution in [2.24, 2.45) is 11.3 Å². The molecule has 96 valence electrons. The Kier molecular flexibility index (Phi) is 4.27. The van der Waals surface area contributed by atoms with Crippen molar-refractivity contribution in [1.29, 1.82) is 0 Å². The van der Waals surface area contributed by atoms with Crippen molar-refractivity contribution < 1.29 is 4.42 Å². The highest BCUT2D eigenvalue weighted by molar-refractivity contribution is 5.10. The van der Waals surface area contributed by atoms with E-state index >= 15 is 0 Å². The highest BCUT2D eigenvalue weighted by Crippen LogP contribution is 2.40. The van der Waals surface area contributed by atoms with Crippen LogP contribution in [-0.4, -0.2) is 13.1 Å². The van der Waals surface area contributed by atoms with E-state index in [1.54, 1.807) is 6.26 Å². The van der Waals surface area contributed by atoms with Crippen LogP contribution in [-0.2, 0) is 6.42 Å². The highest BCUT2D eigenvalue weighted by atomic mass is 16.3. The first-order chi connectivity index (χ1) is 8.20. The molecule has 2 rings (SSSR count). The summed E-state index contributed by atoms with van der Waals surface area (Å²) in [6.07, 6.45) is 10.4. The molecule has 1 aromatic rings. The topological polar surface area (TPSA) is 25.2 Å². The van der Waals surface area contributed by atoms with Crippen molar-refractivity contribution in [1.82, 2.24) is 5.32 Å². The summed E-state index contributed by atoms with van der Waals surface area (Å²) in [5, 5.41) is 3.65. The quantitative estimate of drug-likeness (QED) is 0.814. The van der Waals surface area contributed by atoms with Crippen LogP contribution in [0.5, 0.6) is 0 Å². The van der Waals surface area contributed by atoms with Crippen molar-refractivity contribution >= 4 is 0 Å². The summed E-state index contributed by atoms with van der Waals surface area (Å²) in [4.78, 5) is 0. The lowest BCUT2D eigenvalue weighted by Gasteiger charge is -2.29. The molecule has 0 bridgehead atoms. The first-order valence-electron chi connectivity index (χ1n) is 6.92. The Balaban J connectivity index is 1.90. The Hall–Kier alpha value is -0.760. The Morgan fingerprint density at radius 3 is 2.71 bits per heavy atom. The maximum Gasteiger partial charge on any atom is 0.0934 e. The first kappa shape index (κ1) is 12.7. The molecule has 0 aliphatic heterocycles. The molecule has 0 spiro atoms. The molecule has 1 heterocycles. The van der Waals surface area contributed by atoms with E-state index in [4.69, 9.17) is 4.42 Å². The van der Waals surface area contributed by atoms with Crippen LogP contribution in [0.3, 0.4) is 0 Å². The van der Waals surface area contributed by atoms with Crippen LogP contribution in [0.25, 0.3) is 0 Å². The van der Waals surface area contributed by atoms with E-state index in [0.29, 0.717) is 5.41 Å². The van der Waals surface area contributed by atoms with Gasteiger partial charge in [-0.3, -0.25) is 0 Å². The van der Waals surface area contributed by atoms with Crippen LogP contribution in [0, 0.1) is 11.3 Å². The average molecular weight is 235 g/mol. The standard InChI is InChI=1S/C15H25NO/c1-13(2)10-16-12-15(6-3-4-7-15)9-14-5-8-17-11-14/h5,8,11,13,16H,3-4,6-7,9-10,12H2,1-2H3. The molecule has 1 aliphatic carbocycles. The Labute approximate surface area is 105 Å². The van der Waals surface area contributed by atoms with Gasteiger partial charge in [0.15, 0.2) is 0 Å². The molecule has 1 aromatic heterocycles. The normalized spacial score (nSPS) is 19.0. The van der Waals surface area contributed by atoms with E-state index in [0.717, 1.165) is 19.0 Å². The molecule has 1 saturated carbocycles. The van der Waals surface area contributed by atoms with Crippen LogP contribution < -0.4 is 5.32 Å². The van der Waals surface area contributed by atoms with Crippen molar-refractivity contribution in [3.05, 3.63) is 24.2 Å². The van der Waals surface area contributed by atoms with E-state index in [1.807, 2.05) is 6.26 Å². The molecule has 0 amide bonds. The molecule has 1 N–H and O–H groups in total. The second-order valence-corrected chi connectivity index (χ2v) is 6.04. The van der Waals surface area contributed by atoms with Crippen LogP contribution in [0.1, 0.15) is 45.1 Å². The number of hydrogen-bond donors (Lipinski definition) is 1. The summed E-state index contributed by atoms with van der Waals surface area (Å²) in [5.41, 5.74) is 1.84. The second-order valence-electron chi connectivity index (χ2n) is 6.04. The molecule has 2 heteroatoms. The summed E-state index contributed by atoms with van der Waals surface area (Å²) in [6, 6.07) is 2.11. The van der Waals surface area contributed by atoms with E-state index in [2.05, 4.69) is 25.2 Å². The predicted molar refractivity (Wildman–Crippen MR) is 71.0 cm³/mol. The van der Waals surface area contributed by atoms with Gasteiger partial charge < -0.3 is 9.73 Å². The summed E-state index contributed by atoms with van der Waals surface area (Å²) in [7, 11) is 0. The van der Waals surface area contributed by atoms with Crippen LogP contribution in [0.2, 0.25) is 0 Å². The molecular formula is C15H25NO. The molecule has 0 aromatic carbocycles. The van der Waals surface area contributed by atoms with Gasteiger partial charge in [0.25, 0.3) is 0 Å². The number of furan rings is 1. The Bertz CT molecular complexity index is 310. The molecule has 17 heavy (non-hydrogen) atoms. The van der Waals surface area contributed by atoms with Gasteiger partial charge in [0.05, 0.1) is 12.5 Å². The zero-order chi connectivity index (χ0) is 12.1. The molecule has 1 fully saturated rings. The summed E-state index contributed by atoms with van der Waals surface area (Å²) in [6.45, 7) is 6.83. The third kappa shape index (κ3) is 3.60. The van der Waals surface area contributed by atoms with Gasteiger partial charge in [0.2, 0.25) is 0 Å². The van der Waals surface area contributed by atoms with Gasteiger partial charge in [-0.25, -0.2) is 0 Å². The lowest BCUT2D eigenvalue weighted by atomic mass is 9.80. The fraction of sp³-hybridized carbons (Fsp3) is 0.733. The maximum atomic E-state index is 5.19. The van der Waals surface area contributed by atoms with Gasteiger partial charge in [-0.2, -0.15) is 0 Å². The monoisotopic (exact) mass is 235 g/mol. The van der Waals surface area contributed by atoms with Gasteiger partial charge in [-0.05, 0) is 48.8 Å². The van der Waals surface area contributed by atoms with Crippen LogP contribution in [0.15, 0.2) is 23.0 Å². The van der Waals surface area contributed by atoms with E-state index in [-0.39, 0.29) is 0 Å². The smallest absolute Gasteiger partial charge is 0.0934 e. The Morgan fingerprint density at radius 2 is 2.12 bits per heavy atom. The number of nitrogens with one attached hydrogen (secondary N) is 1. The average Bonchev–Trinajstić information content (AvgIpc) is 2.90. The molecule has 1 aliphatic rings. The van der Waals surface area contributed by atoms with E-state index < -0.39 is 0 Å². The van der Waals surface area contributed by atoms with Crippen molar-refractivity contribution in [2.45, 2.75) is 46.0 Å². The number of hydrogen-bond acceptors (Lipinski definition) is 2. The van der Waals surface area contributed by atoms with Crippen molar-refractivity contribution in [3.63, 3.8) is 0 Å². The summed E-state index contributed by atoms with van der Waals surface area (Å²) < 4.78 is 5.19. The van der Waals surface area contributed by atoms with Gasteiger partial charge in [-0.15, -0.1) is 0 Å². The van der Waals surface area contributed by atoms with Crippen molar-refractivity contribution in [2.75, 3.05) is 13.1 Å². The zero-order valence-corrected chi connectivity index (χ0v) is 11.2. The largest absolute Gasteiger partial charge is 0.472 e. The lowest BCUT2D eigenvalue weighted by molar-refractivity contribution is 0.272. The molecular weight excluding hydrogens is 210 g/mol. The first-order valence-corrected chi connectivity index (χ1v) is 6.92. The third-order valence-corrected chi connectivity index (χ3v) is 3.88. The number of rotatable bonds is 6. The fourth-order valence-electron chi connectivity index (χ4n) is 2.99. The molecule has 0 saturated heterocycles. The Morgan fingerprint density at radius 1 is 1.35 bits per heavy atom. The highest BCUT2D eigenvalue weighted by Gasteiger charge is 2.33. The van der Waals surface area contributed by atoms with Crippen LogP contribution >= 0.6 is 0 Å². The third-order valence-electron chi connectivity index (χ3n) is 3.88. The van der Waals surface area contributed by atoms with Crippen LogP contribution in [0.4, 0.5) is 0 Å². The second kappa shape index (κ2) is 5.72. The fourth-order valence-corrected chi connectivity index (χ4v) is 2.99. The summed E-state index contributed by atoms with van der Waals surface area (Å²) >= 11 is 0. The molecule has 0 radical (unpaired) electrons. The minimum absolute atomic E-state index is 0.485. The molecule has 0 unspecified atom stereocenters. The minimum Gasteiger partial charge on any atom is -0.472 e. The molecule has 0 atom stereocenters. The van der Waals surface area contributed by atoms with Gasteiger partial charge in [0.1, 0.15) is 0 Å². The lowest BCUT2D eigenvalue weighted by Crippen LogP contribution is -2.35. The maximum absolute atomic E-state index is 5.19. The van der Waals surface area contributed by atoms with Gasteiger partial charge in [-0.1, -0.05) is 26.7 Å². The van der Waals surface area contributed by atoms with E-state index in [9.17, 15) is 0 Å². The van der Waals surface area contributed by atoms with Gasteiger partial charge >= 0.3 is 0 Å². The minimum atomic E-state index is 0.485. The summed E-state index contributed by atoms with van der Waals surface area (Å²) in [5.74, 6) is 0.738. The van der Waals surface area contributed by atoms with Gasteiger partial charge in [0, 0.05) is 6.54 Å². The molecule has 2 nitrogen and oxygen atoms in total. The van der Waals surface area contributed by atoms with Crippen molar-refractivity contribution in [3.8, 4) is 0 Å². The zero-order valence-electron chi connectivity index (χ0n) is 11.2. The van der Waals surface area contributed by atoms with E-state index in [1.165, 1.54) is 37.7 Å². The SMILES string of the molecule is CC(C)CNCC1(Cc2ccoc2)CCCC1. The predicted octanol–water partition coefficient (Wildman–Crippen LogP) is 3.63.